The van der Waals surface area contributed by atoms with E-state index in [1.807, 2.05) is 12.1 Å². The number of rotatable bonds is 3. The molecule has 0 saturated carbocycles. The summed E-state index contributed by atoms with van der Waals surface area (Å²) in [5, 5.41) is 4.36. The highest BCUT2D eigenvalue weighted by Crippen LogP contribution is 2.22. The van der Waals surface area contributed by atoms with Gasteiger partial charge in [0.25, 0.3) is 0 Å². The molecule has 2 aromatic rings. The van der Waals surface area contributed by atoms with Gasteiger partial charge >= 0.3 is 0 Å². The molecule has 0 aliphatic carbocycles. The molecular formula is C13H9Cl3FN. The summed E-state index contributed by atoms with van der Waals surface area (Å²) in [7, 11) is 0. The molecule has 0 amide bonds. The summed E-state index contributed by atoms with van der Waals surface area (Å²) < 4.78 is 13.0. The van der Waals surface area contributed by atoms with Crippen LogP contribution in [-0.2, 0) is 6.54 Å². The van der Waals surface area contributed by atoms with Crippen LogP contribution in [0.15, 0.2) is 36.4 Å². The third-order valence-corrected chi connectivity index (χ3v) is 3.06. The first kappa shape index (κ1) is 13.5. The summed E-state index contributed by atoms with van der Waals surface area (Å²) in [6.07, 6.45) is 0. The quantitative estimate of drug-likeness (QED) is 0.800. The van der Waals surface area contributed by atoms with Gasteiger partial charge in [0.2, 0.25) is 0 Å². The van der Waals surface area contributed by atoms with Gasteiger partial charge in [-0.05, 0) is 42.0 Å². The number of benzene rings is 2. The molecule has 0 radical (unpaired) electrons. The second-order valence-corrected chi connectivity index (χ2v) is 5.04. The van der Waals surface area contributed by atoms with E-state index >= 15 is 0 Å². The van der Waals surface area contributed by atoms with E-state index in [2.05, 4.69) is 5.32 Å². The SMILES string of the molecule is Fc1ccc(NCc2cc(Cl)cc(Cl)c2)cc1Cl. The normalized spacial score (nSPS) is 10.4. The van der Waals surface area contributed by atoms with Crippen LogP contribution in [0.2, 0.25) is 15.1 Å². The molecule has 94 valence electrons. The van der Waals surface area contributed by atoms with Gasteiger partial charge in [0.1, 0.15) is 5.82 Å². The second-order valence-electron chi connectivity index (χ2n) is 3.76. The van der Waals surface area contributed by atoms with Crippen molar-refractivity contribution in [1.29, 1.82) is 0 Å². The Labute approximate surface area is 119 Å². The lowest BCUT2D eigenvalue weighted by Crippen LogP contribution is -1.99. The van der Waals surface area contributed by atoms with Crippen LogP contribution < -0.4 is 5.32 Å². The summed E-state index contributed by atoms with van der Waals surface area (Å²) in [6, 6.07) is 9.75. The molecule has 0 fully saturated rings. The fraction of sp³-hybridized carbons (Fsp3) is 0.0769. The second kappa shape index (κ2) is 5.79. The lowest BCUT2D eigenvalue weighted by molar-refractivity contribution is 0.628. The number of anilines is 1. The Morgan fingerprint density at radius 1 is 0.944 bits per heavy atom. The van der Waals surface area contributed by atoms with Crippen LogP contribution >= 0.6 is 34.8 Å². The third-order valence-electron chi connectivity index (χ3n) is 2.34. The van der Waals surface area contributed by atoms with Crippen molar-refractivity contribution >= 4 is 40.5 Å². The molecule has 0 aliphatic heterocycles. The minimum Gasteiger partial charge on any atom is -0.381 e. The molecule has 1 N–H and O–H groups in total. The summed E-state index contributed by atoms with van der Waals surface area (Å²) in [4.78, 5) is 0. The number of halogens is 4. The van der Waals surface area contributed by atoms with Crippen LogP contribution in [0.5, 0.6) is 0 Å². The highest BCUT2D eigenvalue weighted by atomic mass is 35.5. The fourth-order valence-electron chi connectivity index (χ4n) is 1.52. The van der Waals surface area contributed by atoms with Crippen molar-refractivity contribution in [3.05, 3.63) is 62.8 Å². The predicted octanol–water partition coefficient (Wildman–Crippen LogP) is 5.40. The zero-order valence-corrected chi connectivity index (χ0v) is 11.5. The van der Waals surface area contributed by atoms with Gasteiger partial charge in [-0.3, -0.25) is 0 Å². The zero-order chi connectivity index (χ0) is 13.1. The van der Waals surface area contributed by atoms with Gasteiger partial charge in [0.05, 0.1) is 5.02 Å². The molecule has 0 aliphatic rings. The van der Waals surface area contributed by atoms with Crippen molar-refractivity contribution in [2.24, 2.45) is 0 Å². The number of nitrogens with one attached hydrogen (secondary N) is 1. The van der Waals surface area contributed by atoms with Crippen LogP contribution in [-0.4, -0.2) is 0 Å². The van der Waals surface area contributed by atoms with Crippen LogP contribution in [0.4, 0.5) is 10.1 Å². The van der Waals surface area contributed by atoms with E-state index < -0.39 is 5.82 Å². The van der Waals surface area contributed by atoms with Crippen LogP contribution in [0, 0.1) is 5.82 Å². The Morgan fingerprint density at radius 3 is 2.22 bits per heavy atom. The summed E-state index contributed by atoms with van der Waals surface area (Å²) in [6.45, 7) is 0.530. The van der Waals surface area contributed by atoms with Gasteiger partial charge in [-0.1, -0.05) is 34.8 Å². The lowest BCUT2D eigenvalue weighted by atomic mass is 10.2. The molecule has 0 unspecified atom stereocenters. The van der Waals surface area contributed by atoms with Crippen LogP contribution in [0.1, 0.15) is 5.56 Å². The molecule has 2 rings (SSSR count). The van der Waals surface area contributed by atoms with Crippen molar-refractivity contribution in [2.75, 3.05) is 5.32 Å². The maximum absolute atomic E-state index is 13.0. The largest absolute Gasteiger partial charge is 0.381 e. The molecule has 0 atom stereocenters. The molecule has 0 saturated heterocycles. The highest BCUT2D eigenvalue weighted by Gasteiger charge is 2.02. The fourth-order valence-corrected chi connectivity index (χ4v) is 2.28. The molecule has 0 aromatic heterocycles. The first-order chi connectivity index (χ1) is 8.54. The van der Waals surface area contributed by atoms with Gasteiger partial charge in [-0.2, -0.15) is 0 Å². The summed E-state index contributed by atoms with van der Waals surface area (Å²) >= 11 is 17.5. The lowest BCUT2D eigenvalue weighted by Gasteiger charge is -2.08. The molecule has 5 heteroatoms. The molecule has 0 bridgehead atoms. The minimum absolute atomic E-state index is 0.0872. The Hall–Kier alpha value is -0.960. The van der Waals surface area contributed by atoms with Crippen molar-refractivity contribution in [3.63, 3.8) is 0 Å². The predicted molar refractivity (Wildman–Crippen MR) is 75.2 cm³/mol. The maximum atomic E-state index is 13.0. The van der Waals surface area contributed by atoms with E-state index in [1.54, 1.807) is 12.1 Å². The summed E-state index contributed by atoms with van der Waals surface area (Å²) in [5.41, 5.74) is 1.67. The minimum atomic E-state index is -0.437. The van der Waals surface area contributed by atoms with Crippen LogP contribution in [0.3, 0.4) is 0 Å². The third kappa shape index (κ3) is 3.52. The van der Waals surface area contributed by atoms with E-state index in [0.29, 0.717) is 16.6 Å². The Morgan fingerprint density at radius 2 is 1.61 bits per heavy atom. The summed E-state index contributed by atoms with van der Waals surface area (Å²) in [5.74, 6) is -0.437. The molecule has 18 heavy (non-hydrogen) atoms. The average Bonchev–Trinajstić information content (AvgIpc) is 2.29. The van der Waals surface area contributed by atoms with Crippen molar-refractivity contribution in [3.8, 4) is 0 Å². The van der Waals surface area contributed by atoms with E-state index in [-0.39, 0.29) is 5.02 Å². The molecule has 1 nitrogen and oxygen atoms in total. The van der Waals surface area contributed by atoms with E-state index in [4.69, 9.17) is 34.8 Å². The van der Waals surface area contributed by atoms with Gasteiger partial charge in [0.15, 0.2) is 0 Å². The van der Waals surface area contributed by atoms with E-state index in [9.17, 15) is 4.39 Å². The van der Waals surface area contributed by atoms with Gasteiger partial charge in [-0.25, -0.2) is 4.39 Å². The Balaban J connectivity index is 2.08. The van der Waals surface area contributed by atoms with Gasteiger partial charge in [0, 0.05) is 22.3 Å². The smallest absolute Gasteiger partial charge is 0.141 e. The standard InChI is InChI=1S/C13H9Cl3FN/c14-9-3-8(4-10(15)5-9)7-18-11-1-2-13(17)12(16)6-11/h1-6,18H,7H2. The first-order valence-electron chi connectivity index (χ1n) is 5.18. The molecular weight excluding hydrogens is 296 g/mol. The van der Waals surface area contributed by atoms with E-state index in [1.165, 1.54) is 12.1 Å². The highest BCUT2D eigenvalue weighted by molar-refractivity contribution is 6.34. The van der Waals surface area contributed by atoms with Gasteiger partial charge < -0.3 is 5.32 Å². The van der Waals surface area contributed by atoms with Crippen LogP contribution in [0.25, 0.3) is 0 Å². The Bertz CT molecular complexity index is 552. The number of hydrogen-bond acceptors (Lipinski definition) is 1. The van der Waals surface area contributed by atoms with Gasteiger partial charge in [-0.15, -0.1) is 0 Å². The zero-order valence-electron chi connectivity index (χ0n) is 9.18. The first-order valence-corrected chi connectivity index (χ1v) is 6.32. The van der Waals surface area contributed by atoms with Crippen molar-refractivity contribution in [2.45, 2.75) is 6.54 Å². The maximum Gasteiger partial charge on any atom is 0.141 e. The topological polar surface area (TPSA) is 12.0 Å². The average molecular weight is 305 g/mol. The molecule has 0 spiro atoms. The monoisotopic (exact) mass is 303 g/mol. The van der Waals surface area contributed by atoms with E-state index in [0.717, 1.165) is 11.3 Å². The van der Waals surface area contributed by atoms with Crippen molar-refractivity contribution < 1.29 is 4.39 Å². The molecule has 0 heterocycles. The number of hydrogen-bond donors (Lipinski definition) is 1. The van der Waals surface area contributed by atoms with Crippen molar-refractivity contribution in [1.82, 2.24) is 0 Å². The Kier molecular flexibility index (Phi) is 4.33. The molecule has 2 aromatic carbocycles.